The van der Waals surface area contributed by atoms with Gasteiger partial charge in [0.05, 0.1) is 13.2 Å². The second-order valence-corrected chi connectivity index (χ2v) is 8.46. The molecule has 2 amide bonds. The van der Waals surface area contributed by atoms with Crippen molar-refractivity contribution < 1.29 is 28.5 Å². The highest BCUT2D eigenvalue weighted by Crippen LogP contribution is 2.40. The number of ether oxygens (including phenoxy) is 4. The van der Waals surface area contributed by atoms with Gasteiger partial charge in [0, 0.05) is 24.7 Å². The van der Waals surface area contributed by atoms with Crippen LogP contribution >= 0.6 is 0 Å². The molecule has 186 valence electrons. The molecule has 1 N–H and O–H groups in total. The summed E-state index contributed by atoms with van der Waals surface area (Å²) in [5.74, 6) is 2.08. The third-order valence-corrected chi connectivity index (χ3v) is 6.11. The second kappa shape index (κ2) is 11.6. The zero-order valence-corrected chi connectivity index (χ0v) is 20.2. The Morgan fingerprint density at radius 2 is 1.89 bits per heavy atom. The lowest BCUT2D eigenvalue weighted by Crippen LogP contribution is -2.32. The third kappa shape index (κ3) is 6.07. The van der Waals surface area contributed by atoms with E-state index >= 15 is 0 Å². The van der Waals surface area contributed by atoms with E-state index in [0.29, 0.717) is 42.6 Å². The van der Waals surface area contributed by atoms with Gasteiger partial charge in [0.25, 0.3) is 5.91 Å². The number of carbonyl (C=O) groups excluding carboxylic acids is 2. The summed E-state index contributed by atoms with van der Waals surface area (Å²) in [5, 5.41) is 3.04. The monoisotopic (exact) mass is 480 g/mol. The quantitative estimate of drug-likeness (QED) is 0.550. The number of methoxy groups -OCH3 is 1. The molecule has 35 heavy (non-hydrogen) atoms. The van der Waals surface area contributed by atoms with Crippen LogP contribution in [0.15, 0.2) is 42.5 Å². The van der Waals surface area contributed by atoms with E-state index in [2.05, 4.69) is 5.32 Å². The molecule has 0 bridgehead atoms. The number of amides is 2. The van der Waals surface area contributed by atoms with Crippen molar-refractivity contribution in [3.05, 3.63) is 53.6 Å². The summed E-state index contributed by atoms with van der Waals surface area (Å²) in [6.07, 6.45) is 5.93. The highest BCUT2D eigenvalue weighted by Gasteiger charge is 2.21. The number of hydrogen-bond donors (Lipinski definition) is 1. The molecule has 0 aliphatic carbocycles. The minimum absolute atomic E-state index is 0.00670. The number of benzene rings is 2. The summed E-state index contributed by atoms with van der Waals surface area (Å²) in [6.45, 7) is 4.50. The van der Waals surface area contributed by atoms with Crippen molar-refractivity contribution in [2.45, 2.75) is 32.2 Å². The summed E-state index contributed by atoms with van der Waals surface area (Å²) in [6, 6.07) is 10.9. The van der Waals surface area contributed by atoms with Gasteiger partial charge >= 0.3 is 0 Å². The molecule has 8 heteroatoms. The normalized spacial score (nSPS) is 15.7. The number of nitrogens with one attached hydrogen (secondary N) is 1. The largest absolute Gasteiger partial charge is 0.493 e. The SMILES string of the molecule is CCC(NC(=O)/C=C/c1cc(OC)c2c(c1)OCCO2)c1ccccc1OCC(=O)N1CCCC1. The first-order valence-corrected chi connectivity index (χ1v) is 12.0. The van der Waals surface area contributed by atoms with E-state index in [1.165, 1.54) is 6.08 Å². The fourth-order valence-electron chi connectivity index (χ4n) is 4.28. The summed E-state index contributed by atoms with van der Waals surface area (Å²) in [4.78, 5) is 27.0. The summed E-state index contributed by atoms with van der Waals surface area (Å²) < 4.78 is 22.6. The molecule has 1 unspecified atom stereocenters. The highest BCUT2D eigenvalue weighted by molar-refractivity contribution is 5.92. The lowest BCUT2D eigenvalue weighted by atomic mass is 10.0. The van der Waals surface area contributed by atoms with E-state index < -0.39 is 0 Å². The molecule has 2 aliphatic rings. The van der Waals surface area contributed by atoms with Crippen LogP contribution in [0, 0.1) is 0 Å². The maximum absolute atomic E-state index is 12.8. The Morgan fingerprint density at radius 3 is 2.66 bits per heavy atom. The Hall–Kier alpha value is -3.68. The molecule has 8 nitrogen and oxygen atoms in total. The number of fused-ring (bicyclic) bond motifs is 1. The summed E-state index contributed by atoms with van der Waals surface area (Å²) in [5.41, 5.74) is 1.60. The van der Waals surface area contributed by atoms with E-state index in [1.807, 2.05) is 42.2 Å². The van der Waals surface area contributed by atoms with Crippen LogP contribution in [0.5, 0.6) is 23.0 Å². The maximum atomic E-state index is 12.8. The van der Waals surface area contributed by atoms with Gasteiger partial charge in [-0.15, -0.1) is 0 Å². The smallest absolute Gasteiger partial charge is 0.260 e. The van der Waals surface area contributed by atoms with E-state index in [4.69, 9.17) is 18.9 Å². The Kier molecular flexibility index (Phi) is 8.13. The molecule has 1 atom stereocenters. The second-order valence-electron chi connectivity index (χ2n) is 8.46. The molecule has 2 heterocycles. The first-order chi connectivity index (χ1) is 17.1. The van der Waals surface area contributed by atoms with E-state index in [0.717, 1.165) is 37.1 Å². The van der Waals surface area contributed by atoms with Crippen LogP contribution < -0.4 is 24.3 Å². The summed E-state index contributed by atoms with van der Waals surface area (Å²) in [7, 11) is 1.57. The van der Waals surface area contributed by atoms with Crippen LogP contribution in [0.25, 0.3) is 6.08 Å². The van der Waals surface area contributed by atoms with Crippen molar-refractivity contribution >= 4 is 17.9 Å². The number of para-hydroxylation sites is 1. The van der Waals surface area contributed by atoms with Crippen molar-refractivity contribution in [3.63, 3.8) is 0 Å². The predicted molar refractivity (Wildman–Crippen MR) is 132 cm³/mol. The van der Waals surface area contributed by atoms with Crippen LogP contribution in [0.3, 0.4) is 0 Å². The molecule has 0 spiro atoms. The molecule has 2 aromatic carbocycles. The van der Waals surface area contributed by atoms with Gasteiger partial charge in [-0.1, -0.05) is 25.1 Å². The molecule has 0 radical (unpaired) electrons. The predicted octanol–water partition coefficient (Wildman–Crippen LogP) is 3.75. The van der Waals surface area contributed by atoms with Gasteiger partial charge in [-0.25, -0.2) is 0 Å². The van der Waals surface area contributed by atoms with E-state index in [1.54, 1.807) is 19.3 Å². The standard InChI is InChI=1S/C27H32N2O6/c1-3-21(20-8-4-5-9-22(20)35-18-26(31)29-12-6-7-13-29)28-25(30)11-10-19-16-23(32-2)27-24(17-19)33-14-15-34-27/h4-5,8-11,16-17,21H,3,6-7,12-15,18H2,1-2H3,(H,28,30)/b11-10+. The molecule has 2 aromatic rings. The molecular weight excluding hydrogens is 448 g/mol. The fourth-order valence-corrected chi connectivity index (χ4v) is 4.28. The van der Waals surface area contributed by atoms with Gasteiger partial charge in [-0.05, 0) is 49.1 Å². The van der Waals surface area contributed by atoms with Crippen LogP contribution in [-0.2, 0) is 9.59 Å². The van der Waals surface area contributed by atoms with Crippen LogP contribution in [0.2, 0.25) is 0 Å². The van der Waals surface area contributed by atoms with Gasteiger partial charge in [-0.3, -0.25) is 9.59 Å². The molecular formula is C27H32N2O6. The number of hydrogen-bond acceptors (Lipinski definition) is 6. The van der Waals surface area contributed by atoms with E-state index in [-0.39, 0.29) is 24.5 Å². The topological polar surface area (TPSA) is 86.3 Å². The molecule has 2 aliphatic heterocycles. The molecule has 0 aromatic heterocycles. The lowest BCUT2D eigenvalue weighted by molar-refractivity contribution is -0.132. The highest BCUT2D eigenvalue weighted by atomic mass is 16.6. The Bertz CT molecular complexity index is 1060. The van der Waals surface area contributed by atoms with Crippen molar-refractivity contribution in [3.8, 4) is 23.0 Å². The first-order valence-electron chi connectivity index (χ1n) is 12.0. The summed E-state index contributed by atoms with van der Waals surface area (Å²) >= 11 is 0. The number of likely N-dealkylation sites (tertiary alicyclic amines) is 1. The first kappa shape index (κ1) is 24.4. The van der Waals surface area contributed by atoms with Gasteiger partial charge < -0.3 is 29.2 Å². The Balaban J connectivity index is 1.42. The van der Waals surface area contributed by atoms with Crippen LogP contribution in [0.4, 0.5) is 0 Å². The maximum Gasteiger partial charge on any atom is 0.260 e. The fraction of sp³-hybridized carbons (Fsp3) is 0.407. The average Bonchev–Trinajstić information content (AvgIpc) is 3.44. The van der Waals surface area contributed by atoms with E-state index in [9.17, 15) is 9.59 Å². The van der Waals surface area contributed by atoms with Crippen molar-refractivity contribution in [2.75, 3.05) is 40.0 Å². The third-order valence-electron chi connectivity index (χ3n) is 6.11. The molecule has 4 rings (SSSR count). The minimum Gasteiger partial charge on any atom is -0.493 e. The Labute approximate surface area is 205 Å². The van der Waals surface area contributed by atoms with Gasteiger partial charge in [0.1, 0.15) is 19.0 Å². The van der Waals surface area contributed by atoms with Crippen molar-refractivity contribution in [1.82, 2.24) is 10.2 Å². The number of rotatable bonds is 9. The van der Waals surface area contributed by atoms with Crippen LogP contribution in [-0.4, -0.2) is 56.7 Å². The van der Waals surface area contributed by atoms with Crippen LogP contribution in [0.1, 0.15) is 43.4 Å². The van der Waals surface area contributed by atoms with Gasteiger partial charge in [-0.2, -0.15) is 0 Å². The van der Waals surface area contributed by atoms with Gasteiger partial charge in [0.15, 0.2) is 18.1 Å². The Morgan fingerprint density at radius 1 is 1.11 bits per heavy atom. The zero-order chi connectivity index (χ0) is 24.6. The average molecular weight is 481 g/mol. The number of nitrogens with zero attached hydrogens (tertiary/aromatic N) is 1. The molecule has 0 saturated carbocycles. The lowest BCUT2D eigenvalue weighted by Gasteiger charge is -2.21. The zero-order valence-electron chi connectivity index (χ0n) is 20.2. The molecule has 1 fully saturated rings. The van der Waals surface area contributed by atoms with Gasteiger partial charge in [0.2, 0.25) is 11.7 Å². The van der Waals surface area contributed by atoms with Crippen molar-refractivity contribution in [2.24, 2.45) is 0 Å². The number of carbonyl (C=O) groups is 2. The minimum atomic E-state index is -0.264. The van der Waals surface area contributed by atoms with Crippen molar-refractivity contribution in [1.29, 1.82) is 0 Å². The molecule has 1 saturated heterocycles.